The molecule has 1 aromatic carbocycles. The first-order valence-electron chi connectivity index (χ1n) is 11.8. The van der Waals surface area contributed by atoms with Gasteiger partial charge in [0.2, 0.25) is 5.82 Å². The van der Waals surface area contributed by atoms with E-state index >= 15 is 4.39 Å². The second kappa shape index (κ2) is 9.17. The Hall–Kier alpha value is -2.87. The summed E-state index contributed by atoms with van der Waals surface area (Å²) >= 11 is 0. The Balaban J connectivity index is 1.89. The minimum Gasteiger partial charge on any atom is -0.497 e. The minimum atomic E-state index is -0.295. The monoisotopic (exact) mass is 451 g/mol. The van der Waals surface area contributed by atoms with E-state index in [1.807, 2.05) is 0 Å². The number of methoxy groups -OCH3 is 2. The molecule has 8 heteroatoms. The van der Waals surface area contributed by atoms with Crippen molar-refractivity contribution in [3.8, 4) is 28.3 Å². The van der Waals surface area contributed by atoms with Crippen LogP contribution in [0, 0.1) is 5.82 Å². The van der Waals surface area contributed by atoms with Gasteiger partial charge in [-0.15, -0.1) is 10.2 Å². The van der Waals surface area contributed by atoms with Crippen LogP contribution in [0.15, 0.2) is 18.2 Å². The summed E-state index contributed by atoms with van der Waals surface area (Å²) in [6, 6.07) is 4.90. The molecule has 0 atom stereocenters. The lowest BCUT2D eigenvalue weighted by atomic mass is 9.77. The fourth-order valence-corrected chi connectivity index (χ4v) is 5.69. The van der Waals surface area contributed by atoms with Gasteiger partial charge in [-0.05, 0) is 67.5 Å². The van der Waals surface area contributed by atoms with Crippen molar-refractivity contribution in [3.63, 3.8) is 0 Å². The van der Waals surface area contributed by atoms with E-state index in [0.717, 1.165) is 85.9 Å². The molecule has 3 aromatic rings. The van der Waals surface area contributed by atoms with Crippen molar-refractivity contribution >= 4 is 0 Å². The van der Waals surface area contributed by atoms with Gasteiger partial charge >= 0.3 is 0 Å². The van der Waals surface area contributed by atoms with Crippen molar-refractivity contribution in [2.75, 3.05) is 20.8 Å². The summed E-state index contributed by atoms with van der Waals surface area (Å²) in [4.78, 5) is 5.31. The zero-order chi connectivity index (χ0) is 22.8. The minimum absolute atomic E-state index is 0.254. The number of aryl methyl sites for hydroxylation is 1. The van der Waals surface area contributed by atoms with Crippen molar-refractivity contribution in [1.82, 2.24) is 25.6 Å². The summed E-state index contributed by atoms with van der Waals surface area (Å²) in [5.41, 5.74) is 4.93. The summed E-state index contributed by atoms with van der Waals surface area (Å²) in [7, 11) is 3.34. The van der Waals surface area contributed by atoms with Gasteiger partial charge in [-0.2, -0.15) is 5.21 Å². The Morgan fingerprint density at radius 1 is 1.03 bits per heavy atom. The van der Waals surface area contributed by atoms with E-state index < -0.39 is 0 Å². The molecule has 1 fully saturated rings. The number of nitrogens with zero attached hydrogens (tertiary/aromatic N) is 4. The van der Waals surface area contributed by atoms with Crippen LogP contribution in [-0.4, -0.2) is 46.4 Å². The molecular formula is C25H30FN5O2. The molecule has 1 saturated carbocycles. The van der Waals surface area contributed by atoms with Crippen LogP contribution in [0.1, 0.15) is 61.9 Å². The third-order valence-corrected chi connectivity index (χ3v) is 7.22. The van der Waals surface area contributed by atoms with Gasteiger partial charge in [0.05, 0.1) is 25.0 Å². The number of ether oxygens (including phenoxy) is 2. The number of aromatic amines is 1. The average molecular weight is 452 g/mol. The van der Waals surface area contributed by atoms with E-state index in [0.29, 0.717) is 23.7 Å². The topological polar surface area (TPSA) is 85.8 Å². The smallest absolute Gasteiger partial charge is 0.207 e. The van der Waals surface area contributed by atoms with Crippen molar-refractivity contribution in [2.24, 2.45) is 0 Å². The number of rotatable bonds is 6. The maximum atomic E-state index is 15.5. The molecule has 7 nitrogen and oxygen atoms in total. The molecule has 2 aromatic heterocycles. The second-order valence-corrected chi connectivity index (χ2v) is 9.20. The van der Waals surface area contributed by atoms with Gasteiger partial charge in [-0.3, -0.25) is 4.98 Å². The van der Waals surface area contributed by atoms with Crippen LogP contribution in [0.2, 0.25) is 0 Å². The lowest BCUT2D eigenvalue weighted by Gasteiger charge is -2.32. The number of pyridine rings is 1. The zero-order valence-electron chi connectivity index (χ0n) is 19.3. The van der Waals surface area contributed by atoms with E-state index in [9.17, 15) is 0 Å². The molecule has 0 spiro atoms. The Bertz CT molecular complexity index is 1130. The molecule has 33 heavy (non-hydrogen) atoms. The number of nitrogens with one attached hydrogen (secondary N) is 1. The molecule has 0 unspecified atom stereocenters. The van der Waals surface area contributed by atoms with Gasteiger partial charge in [-0.25, -0.2) is 4.39 Å². The molecule has 0 aliphatic heterocycles. The van der Waals surface area contributed by atoms with Gasteiger partial charge in [0.15, 0.2) is 0 Å². The molecule has 174 valence electrons. The van der Waals surface area contributed by atoms with Gasteiger partial charge in [0.25, 0.3) is 0 Å². The van der Waals surface area contributed by atoms with Crippen molar-refractivity contribution in [1.29, 1.82) is 0 Å². The standard InChI is InChI=1S/C25H30FN5O2/c1-32-15-25(12-6-7-13-25)23-22(24-28-30-31-29-24)21(17-8-4-3-5-9-20(17)27-23)18-14-16(33-2)10-11-19(18)26/h10-11,14H,3-9,12-13,15H2,1-2H3,(H,28,29,30,31). The van der Waals surface area contributed by atoms with Crippen LogP contribution in [-0.2, 0) is 23.0 Å². The highest BCUT2D eigenvalue weighted by atomic mass is 19.1. The Morgan fingerprint density at radius 2 is 1.85 bits per heavy atom. The quantitative estimate of drug-likeness (QED) is 0.542. The normalized spacial score (nSPS) is 17.5. The molecule has 2 heterocycles. The molecule has 5 rings (SSSR count). The van der Waals surface area contributed by atoms with Crippen LogP contribution >= 0.6 is 0 Å². The van der Waals surface area contributed by atoms with E-state index in [4.69, 9.17) is 14.5 Å². The summed E-state index contributed by atoms with van der Waals surface area (Å²) in [5.74, 6) is 0.763. The first-order valence-corrected chi connectivity index (χ1v) is 11.8. The molecule has 0 amide bonds. The maximum absolute atomic E-state index is 15.5. The predicted octanol–water partition coefficient (Wildman–Crippen LogP) is 4.80. The molecule has 1 N–H and O–H groups in total. The Kier molecular flexibility index (Phi) is 6.10. The number of tetrazole rings is 1. The molecule has 0 bridgehead atoms. The van der Waals surface area contributed by atoms with Gasteiger partial charge in [0.1, 0.15) is 11.6 Å². The SMILES string of the molecule is COCC1(c2nc3c(c(-c4cc(OC)ccc4F)c2-c2nn[nH]n2)CCCCC3)CCCC1. The number of hydrogen-bond donors (Lipinski definition) is 1. The predicted molar refractivity (Wildman–Crippen MR) is 123 cm³/mol. The summed E-state index contributed by atoms with van der Waals surface area (Å²) < 4.78 is 26.7. The lowest BCUT2D eigenvalue weighted by molar-refractivity contribution is 0.129. The highest BCUT2D eigenvalue weighted by Crippen LogP contribution is 2.49. The maximum Gasteiger partial charge on any atom is 0.207 e. The summed E-state index contributed by atoms with van der Waals surface area (Å²) in [6.07, 6.45) is 9.14. The number of hydrogen-bond acceptors (Lipinski definition) is 6. The van der Waals surface area contributed by atoms with Gasteiger partial charge in [-0.1, -0.05) is 19.3 Å². The third kappa shape index (κ3) is 3.90. The highest BCUT2D eigenvalue weighted by molar-refractivity contribution is 5.86. The fourth-order valence-electron chi connectivity index (χ4n) is 5.69. The molecule has 2 aliphatic rings. The van der Waals surface area contributed by atoms with Crippen LogP contribution in [0.5, 0.6) is 5.75 Å². The Labute approximate surface area is 193 Å². The molecule has 0 saturated heterocycles. The number of H-pyrrole nitrogens is 1. The van der Waals surface area contributed by atoms with Crippen LogP contribution < -0.4 is 4.74 Å². The molecular weight excluding hydrogens is 421 g/mol. The van der Waals surface area contributed by atoms with E-state index in [-0.39, 0.29) is 11.2 Å². The average Bonchev–Trinajstić information content (AvgIpc) is 3.48. The molecule has 0 radical (unpaired) electrons. The summed E-state index contributed by atoms with van der Waals surface area (Å²) in [5, 5.41) is 15.2. The first kappa shape index (κ1) is 21.9. The number of halogens is 1. The zero-order valence-corrected chi connectivity index (χ0v) is 19.3. The number of aromatic nitrogens is 5. The van der Waals surface area contributed by atoms with Crippen molar-refractivity contribution in [3.05, 3.63) is 41.0 Å². The second-order valence-electron chi connectivity index (χ2n) is 9.20. The largest absolute Gasteiger partial charge is 0.497 e. The molecule has 2 aliphatic carbocycles. The highest BCUT2D eigenvalue weighted by Gasteiger charge is 2.42. The van der Waals surface area contributed by atoms with Crippen molar-refractivity contribution in [2.45, 2.75) is 63.2 Å². The van der Waals surface area contributed by atoms with Crippen LogP contribution in [0.4, 0.5) is 4.39 Å². The van der Waals surface area contributed by atoms with Crippen LogP contribution in [0.3, 0.4) is 0 Å². The number of fused-ring (bicyclic) bond motifs is 1. The van der Waals surface area contributed by atoms with E-state index in [2.05, 4.69) is 20.6 Å². The van der Waals surface area contributed by atoms with Gasteiger partial charge in [0, 0.05) is 29.3 Å². The number of benzene rings is 1. The Morgan fingerprint density at radius 3 is 2.58 bits per heavy atom. The van der Waals surface area contributed by atoms with E-state index in [1.165, 1.54) is 6.07 Å². The van der Waals surface area contributed by atoms with Gasteiger partial charge < -0.3 is 9.47 Å². The summed E-state index contributed by atoms with van der Waals surface area (Å²) in [6.45, 7) is 0.559. The van der Waals surface area contributed by atoms with Crippen LogP contribution in [0.25, 0.3) is 22.5 Å². The lowest BCUT2D eigenvalue weighted by Crippen LogP contribution is -2.31. The fraction of sp³-hybridized carbons (Fsp3) is 0.520. The van der Waals surface area contributed by atoms with Crippen molar-refractivity contribution < 1.29 is 13.9 Å². The first-order chi connectivity index (χ1) is 16.2. The third-order valence-electron chi connectivity index (χ3n) is 7.22. The van der Waals surface area contributed by atoms with E-state index in [1.54, 1.807) is 26.4 Å².